The van der Waals surface area contributed by atoms with Crippen molar-refractivity contribution in [3.8, 4) is 5.69 Å². The molecule has 1 unspecified atom stereocenters. The Hall–Kier alpha value is -3.26. The summed E-state index contributed by atoms with van der Waals surface area (Å²) < 4.78 is 1.63. The van der Waals surface area contributed by atoms with E-state index in [9.17, 15) is 4.79 Å². The lowest BCUT2D eigenvalue weighted by atomic mass is 10.0. The number of carbonyl (C=O) groups excluding carboxylic acids is 1. The van der Waals surface area contributed by atoms with Crippen LogP contribution in [0.1, 0.15) is 23.0 Å². The SMILES string of the molecule is Cc1ccc(C(CNC(=O)Nc2ccc(-n3nnnc3C)cc2)N(C)C)cc1. The molecule has 8 heteroatoms. The Labute approximate surface area is 164 Å². The number of hydrogen-bond donors (Lipinski definition) is 2. The second-order valence-corrected chi connectivity index (χ2v) is 6.91. The van der Waals surface area contributed by atoms with E-state index >= 15 is 0 Å². The molecule has 8 nitrogen and oxygen atoms in total. The van der Waals surface area contributed by atoms with Crippen LogP contribution < -0.4 is 10.6 Å². The van der Waals surface area contributed by atoms with Crippen LogP contribution in [-0.4, -0.2) is 51.8 Å². The normalized spacial score (nSPS) is 12.0. The number of anilines is 1. The van der Waals surface area contributed by atoms with Gasteiger partial charge in [-0.2, -0.15) is 4.68 Å². The molecule has 1 aromatic heterocycles. The third kappa shape index (κ3) is 4.72. The number of aromatic nitrogens is 4. The molecule has 0 fully saturated rings. The van der Waals surface area contributed by atoms with Crippen molar-refractivity contribution in [2.75, 3.05) is 26.0 Å². The van der Waals surface area contributed by atoms with E-state index in [1.807, 2.05) is 45.3 Å². The molecule has 0 spiro atoms. The fourth-order valence-corrected chi connectivity index (χ4v) is 2.91. The lowest BCUT2D eigenvalue weighted by molar-refractivity contribution is 0.243. The van der Waals surface area contributed by atoms with Gasteiger partial charge < -0.3 is 15.5 Å². The van der Waals surface area contributed by atoms with E-state index in [4.69, 9.17) is 0 Å². The predicted octanol–water partition coefficient (Wildman–Crippen LogP) is 2.70. The number of rotatable bonds is 6. The molecule has 2 amide bonds. The quantitative estimate of drug-likeness (QED) is 0.687. The summed E-state index contributed by atoms with van der Waals surface area (Å²) in [6, 6.07) is 15.6. The number of hydrogen-bond acceptors (Lipinski definition) is 5. The summed E-state index contributed by atoms with van der Waals surface area (Å²) in [6.45, 7) is 4.39. The van der Waals surface area contributed by atoms with Gasteiger partial charge in [-0.15, -0.1) is 5.10 Å². The molecule has 28 heavy (non-hydrogen) atoms. The van der Waals surface area contributed by atoms with Gasteiger partial charge >= 0.3 is 6.03 Å². The van der Waals surface area contributed by atoms with Crippen LogP contribution in [0.2, 0.25) is 0 Å². The van der Waals surface area contributed by atoms with Crippen molar-refractivity contribution in [1.29, 1.82) is 0 Å². The van der Waals surface area contributed by atoms with Gasteiger partial charge in [-0.3, -0.25) is 0 Å². The number of carbonyl (C=O) groups is 1. The second kappa shape index (κ2) is 8.62. The second-order valence-electron chi connectivity index (χ2n) is 6.91. The van der Waals surface area contributed by atoms with Crippen LogP contribution >= 0.6 is 0 Å². The van der Waals surface area contributed by atoms with Gasteiger partial charge in [-0.25, -0.2) is 4.79 Å². The number of aryl methyl sites for hydroxylation is 2. The summed E-state index contributed by atoms with van der Waals surface area (Å²) in [4.78, 5) is 14.4. The first-order valence-corrected chi connectivity index (χ1v) is 9.07. The molecule has 0 aliphatic heterocycles. The molecular weight excluding hydrogens is 354 g/mol. The Balaban J connectivity index is 1.58. The van der Waals surface area contributed by atoms with E-state index in [1.165, 1.54) is 5.56 Å². The van der Waals surface area contributed by atoms with E-state index < -0.39 is 0 Å². The Kier molecular flexibility index (Phi) is 6.00. The highest BCUT2D eigenvalue weighted by molar-refractivity contribution is 5.89. The summed E-state index contributed by atoms with van der Waals surface area (Å²) in [5.41, 5.74) is 3.91. The number of tetrazole rings is 1. The van der Waals surface area contributed by atoms with Gasteiger partial charge in [0.25, 0.3) is 0 Å². The fourth-order valence-electron chi connectivity index (χ4n) is 2.91. The molecule has 2 N–H and O–H groups in total. The molecule has 0 aliphatic rings. The average molecular weight is 379 g/mol. The number of likely N-dealkylation sites (N-methyl/N-ethyl adjacent to an activating group) is 1. The smallest absolute Gasteiger partial charge is 0.319 e. The zero-order valence-electron chi connectivity index (χ0n) is 16.5. The highest BCUT2D eigenvalue weighted by atomic mass is 16.2. The molecule has 3 aromatic rings. The van der Waals surface area contributed by atoms with Gasteiger partial charge in [0.05, 0.1) is 11.7 Å². The van der Waals surface area contributed by atoms with Crippen LogP contribution in [0.3, 0.4) is 0 Å². The Morgan fingerprint density at radius 2 is 1.75 bits per heavy atom. The number of amides is 2. The van der Waals surface area contributed by atoms with E-state index in [2.05, 4.69) is 62.2 Å². The molecule has 146 valence electrons. The first kappa shape index (κ1) is 19.5. The van der Waals surface area contributed by atoms with Gasteiger partial charge in [-0.1, -0.05) is 29.8 Å². The minimum absolute atomic E-state index is 0.0940. The van der Waals surface area contributed by atoms with Crippen LogP contribution in [0.5, 0.6) is 0 Å². The minimum Gasteiger partial charge on any atom is -0.336 e. The van der Waals surface area contributed by atoms with Gasteiger partial charge in [-0.05, 0) is 68.2 Å². The third-order valence-corrected chi connectivity index (χ3v) is 4.54. The molecule has 0 saturated carbocycles. The molecule has 0 bridgehead atoms. The topological polar surface area (TPSA) is 88.0 Å². The number of benzene rings is 2. The van der Waals surface area contributed by atoms with Crippen LogP contribution in [0, 0.1) is 13.8 Å². The maximum absolute atomic E-state index is 12.3. The van der Waals surface area contributed by atoms with Crippen molar-refractivity contribution < 1.29 is 4.79 Å². The summed E-state index contributed by atoms with van der Waals surface area (Å²) in [7, 11) is 4.01. The van der Waals surface area contributed by atoms with Crippen molar-refractivity contribution in [2.45, 2.75) is 19.9 Å². The predicted molar refractivity (Wildman–Crippen MR) is 109 cm³/mol. The highest BCUT2D eigenvalue weighted by Gasteiger charge is 2.15. The minimum atomic E-state index is -0.245. The molecule has 3 rings (SSSR count). The van der Waals surface area contributed by atoms with Crippen molar-refractivity contribution in [3.05, 3.63) is 65.5 Å². The molecule has 1 atom stereocenters. The Bertz CT molecular complexity index is 916. The zero-order chi connectivity index (χ0) is 20.1. The largest absolute Gasteiger partial charge is 0.336 e. The van der Waals surface area contributed by atoms with Crippen molar-refractivity contribution >= 4 is 11.7 Å². The zero-order valence-corrected chi connectivity index (χ0v) is 16.5. The maximum Gasteiger partial charge on any atom is 0.319 e. The summed E-state index contributed by atoms with van der Waals surface area (Å²) in [6.07, 6.45) is 0. The summed E-state index contributed by atoms with van der Waals surface area (Å²) in [5, 5.41) is 17.2. The Morgan fingerprint density at radius 1 is 1.07 bits per heavy atom. The first-order valence-electron chi connectivity index (χ1n) is 9.07. The molecule has 0 saturated heterocycles. The van der Waals surface area contributed by atoms with Crippen LogP contribution in [0.4, 0.5) is 10.5 Å². The maximum atomic E-state index is 12.3. The van der Waals surface area contributed by atoms with Crippen molar-refractivity contribution in [1.82, 2.24) is 30.4 Å². The standard InChI is InChI=1S/C20H25N7O/c1-14-5-7-16(8-6-14)19(26(3)4)13-21-20(28)22-17-9-11-18(12-10-17)27-15(2)23-24-25-27/h5-12,19H,13H2,1-4H3,(H2,21,22,28). The molecule has 1 heterocycles. The van der Waals surface area contributed by atoms with Crippen LogP contribution in [0.15, 0.2) is 48.5 Å². The Morgan fingerprint density at radius 3 is 2.32 bits per heavy atom. The molecule has 2 aromatic carbocycles. The van der Waals surface area contributed by atoms with E-state index in [0.29, 0.717) is 18.1 Å². The van der Waals surface area contributed by atoms with Crippen molar-refractivity contribution in [2.24, 2.45) is 0 Å². The van der Waals surface area contributed by atoms with E-state index in [0.717, 1.165) is 11.3 Å². The van der Waals surface area contributed by atoms with Gasteiger partial charge in [0.2, 0.25) is 0 Å². The number of nitrogens with one attached hydrogen (secondary N) is 2. The number of urea groups is 1. The molecule has 0 radical (unpaired) electrons. The first-order chi connectivity index (χ1) is 13.4. The number of nitrogens with zero attached hydrogens (tertiary/aromatic N) is 5. The lowest BCUT2D eigenvalue weighted by Gasteiger charge is -2.25. The van der Waals surface area contributed by atoms with E-state index in [1.54, 1.807) is 4.68 Å². The highest BCUT2D eigenvalue weighted by Crippen LogP contribution is 2.18. The van der Waals surface area contributed by atoms with Gasteiger partial charge in [0.15, 0.2) is 5.82 Å². The third-order valence-electron chi connectivity index (χ3n) is 4.54. The average Bonchev–Trinajstić information content (AvgIpc) is 3.09. The summed E-state index contributed by atoms with van der Waals surface area (Å²) in [5.74, 6) is 0.698. The van der Waals surface area contributed by atoms with E-state index in [-0.39, 0.29) is 12.1 Å². The fraction of sp³-hybridized carbons (Fsp3) is 0.300. The van der Waals surface area contributed by atoms with Crippen LogP contribution in [-0.2, 0) is 0 Å². The molecule has 0 aliphatic carbocycles. The monoisotopic (exact) mass is 379 g/mol. The summed E-state index contributed by atoms with van der Waals surface area (Å²) >= 11 is 0. The van der Waals surface area contributed by atoms with Crippen LogP contribution in [0.25, 0.3) is 5.69 Å². The molecular formula is C20H25N7O. The lowest BCUT2D eigenvalue weighted by Crippen LogP contribution is -2.36. The van der Waals surface area contributed by atoms with Gasteiger partial charge in [0.1, 0.15) is 0 Å². The van der Waals surface area contributed by atoms with Gasteiger partial charge in [0, 0.05) is 12.2 Å². The van der Waals surface area contributed by atoms with Crippen molar-refractivity contribution in [3.63, 3.8) is 0 Å².